The van der Waals surface area contributed by atoms with E-state index in [-0.39, 0.29) is 6.04 Å². The zero-order chi connectivity index (χ0) is 13.1. The fraction of sp³-hybridized carbons (Fsp3) is 0.467. The minimum Gasteiger partial charge on any atom is -0.467 e. The number of hydrogen-bond acceptors (Lipinski definition) is 4. The van der Waals surface area contributed by atoms with Crippen LogP contribution in [0.1, 0.15) is 49.2 Å². The molecule has 0 saturated carbocycles. The van der Waals surface area contributed by atoms with Gasteiger partial charge in [0.05, 0.1) is 12.3 Å². The largest absolute Gasteiger partial charge is 0.467 e. The third-order valence-corrected chi connectivity index (χ3v) is 3.70. The SMILES string of the molecule is CC(Nc1ncnc2c1CCCCC2)c1ccco1. The van der Waals surface area contributed by atoms with Gasteiger partial charge in [0.2, 0.25) is 0 Å². The van der Waals surface area contributed by atoms with Crippen molar-refractivity contribution in [3.05, 3.63) is 41.7 Å². The number of furan rings is 1. The van der Waals surface area contributed by atoms with Crippen LogP contribution in [-0.4, -0.2) is 9.97 Å². The van der Waals surface area contributed by atoms with Gasteiger partial charge >= 0.3 is 0 Å². The first-order valence-electron chi connectivity index (χ1n) is 6.97. The van der Waals surface area contributed by atoms with Gasteiger partial charge in [0, 0.05) is 11.3 Å². The minimum absolute atomic E-state index is 0.122. The monoisotopic (exact) mass is 257 g/mol. The maximum Gasteiger partial charge on any atom is 0.133 e. The van der Waals surface area contributed by atoms with Crippen LogP contribution in [0.5, 0.6) is 0 Å². The molecule has 0 aliphatic heterocycles. The average Bonchev–Trinajstić information content (AvgIpc) is 2.84. The quantitative estimate of drug-likeness (QED) is 0.855. The molecule has 19 heavy (non-hydrogen) atoms. The number of aromatic nitrogens is 2. The van der Waals surface area contributed by atoms with E-state index in [9.17, 15) is 0 Å². The molecule has 4 nitrogen and oxygen atoms in total. The normalized spacial score (nSPS) is 16.5. The first-order valence-corrected chi connectivity index (χ1v) is 6.97. The summed E-state index contributed by atoms with van der Waals surface area (Å²) in [6.07, 6.45) is 9.26. The van der Waals surface area contributed by atoms with Gasteiger partial charge in [0.25, 0.3) is 0 Å². The van der Waals surface area contributed by atoms with Crippen LogP contribution in [0.2, 0.25) is 0 Å². The Bertz CT molecular complexity index is 536. The van der Waals surface area contributed by atoms with Crippen LogP contribution >= 0.6 is 0 Å². The first-order chi connectivity index (χ1) is 9.34. The van der Waals surface area contributed by atoms with Crippen molar-refractivity contribution in [2.75, 3.05) is 5.32 Å². The number of nitrogens with one attached hydrogen (secondary N) is 1. The highest BCUT2D eigenvalue weighted by atomic mass is 16.3. The van der Waals surface area contributed by atoms with Gasteiger partial charge in [-0.2, -0.15) is 0 Å². The zero-order valence-corrected chi connectivity index (χ0v) is 11.2. The van der Waals surface area contributed by atoms with Crippen LogP contribution < -0.4 is 5.32 Å². The summed E-state index contributed by atoms with van der Waals surface area (Å²) in [5, 5.41) is 3.46. The molecule has 2 aromatic heterocycles. The van der Waals surface area contributed by atoms with Crippen molar-refractivity contribution in [3.8, 4) is 0 Å². The standard InChI is InChI=1S/C15H19N3O/c1-11(14-8-5-9-19-14)18-15-12-6-3-2-4-7-13(12)16-10-17-15/h5,8-11H,2-4,6-7H2,1H3,(H,16,17,18). The van der Waals surface area contributed by atoms with Gasteiger partial charge in [-0.05, 0) is 44.7 Å². The lowest BCUT2D eigenvalue weighted by Gasteiger charge is -2.16. The Labute approximate surface area is 113 Å². The van der Waals surface area contributed by atoms with Gasteiger partial charge in [0.15, 0.2) is 0 Å². The van der Waals surface area contributed by atoms with Crippen LogP contribution in [0, 0.1) is 0 Å². The summed E-state index contributed by atoms with van der Waals surface area (Å²) in [5.74, 6) is 1.90. The molecule has 0 bridgehead atoms. The molecule has 1 aliphatic carbocycles. The van der Waals surface area contributed by atoms with Crippen LogP contribution in [0.25, 0.3) is 0 Å². The molecule has 2 aromatic rings. The summed E-state index contributed by atoms with van der Waals surface area (Å²) in [6.45, 7) is 2.09. The summed E-state index contributed by atoms with van der Waals surface area (Å²) in [7, 11) is 0. The summed E-state index contributed by atoms with van der Waals surface area (Å²) >= 11 is 0. The molecular weight excluding hydrogens is 238 g/mol. The molecule has 1 unspecified atom stereocenters. The van der Waals surface area contributed by atoms with Crippen molar-refractivity contribution < 1.29 is 4.42 Å². The van der Waals surface area contributed by atoms with E-state index in [1.54, 1.807) is 12.6 Å². The van der Waals surface area contributed by atoms with E-state index >= 15 is 0 Å². The summed E-state index contributed by atoms with van der Waals surface area (Å²) in [5.41, 5.74) is 2.50. The number of nitrogens with zero attached hydrogens (tertiary/aromatic N) is 2. The van der Waals surface area contributed by atoms with Gasteiger partial charge in [-0.3, -0.25) is 0 Å². The van der Waals surface area contributed by atoms with E-state index in [4.69, 9.17) is 4.42 Å². The highest BCUT2D eigenvalue weighted by Crippen LogP contribution is 2.26. The topological polar surface area (TPSA) is 51.0 Å². The Morgan fingerprint density at radius 1 is 1.21 bits per heavy atom. The van der Waals surface area contributed by atoms with Crippen LogP contribution in [0.4, 0.5) is 5.82 Å². The van der Waals surface area contributed by atoms with Gasteiger partial charge in [-0.1, -0.05) is 6.42 Å². The van der Waals surface area contributed by atoms with E-state index in [1.807, 2.05) is 12.1 Å². The minimum atomic E-state index is 0.122. The van der Waals surface area contributed by atoms with E-state index in [2.05, 4.69) is 22.2 Å². The second-order valence-electron chi connectivity index (χ2n) is 5.09. The molecule has 3 rings (SSSR count). The number of rotatable bonds is 3. The molecule has 0 radical (unpaired) electrons. The van der Waals surface area contributed by atoms with E-state index in [0.29, 0.717) is 0 Å². The summed E-state index contributed by atoms with van der Waals surface area (Å²) in [4.78, 5) is 8.86. The Morgan fingerprint density at radius 2 is 2.11 bits per heavy atom. The Morgan fingerprint density at radius 3 is 2.95 bits per heavy atom. The molecule has 0 aromatic carbocycles. The fourth-order valence-electron chi connectivity index (χ4n) is 2.64. The highest BCUT2D eigenvalue weighted by Gasteiger charge is 2.16. The lowest BCUT2D eigenvalue weighted by molar-refractivity contribution is 0.490. The Balaban J connectivity index is 1.85. The molecule has 0 amide bonds. The number of hydrogen-bond donors (Lipinski definition) is 1. The third-order valence-electron chi connectivity index (χ3n) is 3.70. The maximum absolute atomic E-state index is 5.43. The van der Waals surface area contributed by atoms with Crippen molar-refractivity contribution in [1.82, 2.24) is 9.97 Å². The van der Waals surface area contributed by atoms with Gasteiger partial charge in [-0.15, -0.1) is 0 Å². The van der Waals surface area contributed by atoms with Crippen LogP contribution in [-0.2, 0) is 12.8 Å². The molecule has 1 aliphatic rings. The smallest absolute Gasteiger partial charge is 0.133 e. The maximum atomic E-state index is 5.43. The molecule has 0 saturated heterocycles. The molecule has 1 N–H and O–H groups in total. The number of fused-ring (bicyclic) bond motifs is 1. The van der Waals surface area contributed by atoms with E-state index < -0.39 is 0 Å². The average molecular weight is 257 g/mol. The summed E-state index contributed by atoms with van der Waals surface area (Å²) in [6, 6.07) is 4.02. The Kier molecular flexibility index (Phi) is 3.49. The Hall–Kier alpha value is -1.84. The van der Waals surface area contributed by atoms with Crippen molar-refractivity contribution in [3.63, 3.8) is 0 Å². The predicted octanol–water partition coefficient (Wildman–Crippen LogP) is 3.51. The zero-order valence-electron chi connectivity index (χ0n) is 11.2. The second kappa shape index (κ2) is 5.43. The molecule has 4 heteroatoms. The first kappa shape index (κ1) is 12.2. The highest BCUT2D eigenvalue weighted by molar-refractivity contribution is 5.47. The van der Waals surface area contributed by atoms with E-state index in [1.165, 1.54) is 30.5 Å². The van der Waals surface area contributed by atoms with Gasteiger partial charge in [-0.25, -0.2) is 9.97 Å². The molecule has 2 heterocycles. The number of aryl methyl sites for hydroxylation is 1. The number of anilines is 1. The fourth-order valence-corrected chi connectivity index (χ4v) is 2.64. The van der Waals surface area contributed by atoms with Crippen molar-refractivity contribution in [2.24, 2.45) is 0 Å². The van der Waals surface area contributed by atoms with Crippen LogP contribution in [0.3, 0.4) is 0 Å². The molecular formula is C15H19N3O. The van der Waals surface area contributed by atoms with Crippen molar-refractivity contribution in [2.45, 2.75) is 45.1 Å². The molecule has 0 spiro atoms. The lowest BCUT2D eigenvalue weighted by atomic mass is 10.1. The van der Waals surface area contributed by atoms with Crippen LogP contribution in [0.15, 0.2) is 29.1 Å². The lowest BCUT2D eigenvalue weighted by Crippen LogP contribution is -2.11. The molecule has 0 fully saturated rings. The predicted molar refractivity (Wildman–Crippen MR) is 74.0 cm³/mol. The van der Waals surface area contributed by atoms with Gasteiger partial charge in [0.1, 0.15) is 17.9 Å². The third kappa shape index (κ3) is 2.62. The van der Waals surface area contributed by atoms with E-state index in [0.717, 1.165) is 24.4 Å². The second-order valence-corrected chi connectivity index (χ2v) is 5.09. The van der Waals surface area contributed by atoms with Gasteiger partial charge < -0.3 is 9.73 Å². The molecule has 100 valence electrons. The summed E-state index contributed by atoms with van der Waals surface area (Å²) < 4.78 is 5.43. The van der Waals surface area contributed by atoms with Crippen molar-refractivity contribution in [1.29, 1.82) is 0 Å². The molecule has 1 atom stereocenters. The van der Waals surface area contributed by atoms with Crippen molar-refractivity contribution >= 4 is 5.82 Å².